The number of carbonyl (C=O) groups is 2. The van der Waals surface area contributed by atoms with Gasteiger partial charge in [0.05, 0.1) is 44.8 Å². The number of methoxy groups -OCH3 is 1. The fourth-order valence-corrected chi connectivity index (χ4v) is 4.02. The van der Waals surface area contributed by atoms with Crippen molar-refractivity contribution in [3.05, 3.63) is 47.0 Å². The van der Waals surface area contributed by atoms with Crippen LogP contribution in [-0.2, 0) is 14.3 Å². The third kappa shape index (κ3) is 4.76. The van der Waals surface area contributed by atoms with E-state index in [-0.39, 0.29) is 24.9 Å². The minimum atomic E-state index is -0.692. The van der Waals surface area contributed by atoms with E-state index in [1.54, 1.807) is 17.0 Å². The number of para-hydroxylation sites is 2. The Kier molecular flexibility index (Phi) is 6.72. The summed E-state index contributed by atoms with van der Waals surface area (Å²) in [5.74, 6) is 0.734. The van der Waals surface area contributed by atoms with Gasteiger partial charge >= 0.3 is 0 Å². The number of hydrogen-bond acceptors (Lipinski definition) is 6. The lowest BCUT2D eigenvalue weighted by atomic mass is 10.1. The third-order valence-electron chi connectivity index (χ3n) is 5.55. The second-order valence-corrected chi connectivity index (χ2v) is 8.15. The molecule has 8 nitrogen and oxygen atoms in total. The van der Waals surface area contributed by atoms with E-state index in [0.29, 0.717) is 48.5 Å². The van der Waals surface area contributed by atoms with Gasteiger partial charge in [0.25, 0.3) is 5.91 Å². The molecule has 0 bridgehead atoms. The molecule has 0 saturated carbocycles. The largest absolute Gasteiger partial charge is 0.495 e. The summed E-state index contributed by atoms with van der Waals surface area (Å²) in [6.07, 6.45) is -0.692. The van der Waals surface area contributed by atoms with E-state index >= 15 is 0 Å². The molecule has 1 saturated heterocycles. The SMILES string of the molecule is COc1cc(Cl)c(C)cc1NC(=O)CN1C[C@@H](C(=O)N2CCOCC2)Oc2ccccc21. The second kappa shape index (κ2) is 9.67. The van der Waals surface area contributed by atoms with Gasteiger partial charge < -0.3 is 29.3 Å². The van der Waals surface area contributed by atoms with Crippen molar-refractivity contribution in [2.75, 3.05) is 56.7 Å². The number of halogens is 1. The van der Waals surface area contributed by atoms with Gasteiger partial charge in [-0.3, -0.25) is 9.59 Å². The van der Waals surface area contributed by atoms with Crippen LogP contribution in [0.1, 0.15) is 5.56 Å². The number of anilines is 2. The van der Waals surface area contributed by atoms with Gasteiger partial charge in [-0.25, -0.2) is 0 Å². The van der Waals surface area contributed by atoms with E-state index in [2.05, 4.69) is 5.32 Å². The average molecular weight is 460 g/mol. The number of nitrogens with zero attached hydrogens (tertiary/aromatic N) is 2. The molecular weight excluding hydrogens is 434 g/mol. The molecule has 1 fully saturated rings. The highest BCUT2D eigenvalue weighted by Gasteiger charge is 2.34. The number of amides is 2. The Labute approximate surface area is 192 Å². The number of rotatable bonds is 5. The summed E-state index contributed by atoms with van der Waals surface area (Å²) < 4.78 is 16.7. The number of ether oxygens (including phenoxy) is 3. The number of benzene rings is 2. The van der Waals surface area contributed by atoms with Gasteiger partial charge in [0, 0.05) is 24.2 Å². The van der Waals surface area contributed by atoms with Crippen LogP contribution in [0.4, 0.5) is 11.4 Å². The summed E-state index contributed by atoms with van der Waals surface area (Å²) in [7, 11) is 1.52. The first-order valence-electron chi connectivity index (χ1n) is 10.5. The zero-order valence-corrected chi connectivity index (χ0v) is 18.9. The summed E-state index contributed by atoms with van der Waals surface area (Å²) in [6, 6.07) is 10.9. The van der Waals surface area contributed by atoms with Crippen molar-refractivity contribution >= 4 is 34.8 Å². The predicted molar refractivity (Wildman–Crippen MR) is 122 cm³/mol. The first kappa shape index (κ1) is 22.2. The Balaban J connectivity index is 1.51. The van der Waals surface area contributed by atoms with Gasteiger partial charge in [0.1, 0.15) is 11.5 Å². The molecule has 2 heterocycles. The molecule has 2 aliphatic rings. The maximum Gasteiger partial charge on any atom is 0.265 e. The Morgan fingerprint density at radius 3 is 2.72 bits per heavy atom. The maximum atomic E-state index is 13.0. The fourth-order valence-electron chi connectivity index (χ4n) is 3.87. The summed E-state index contributed by atoms with van der Waals surface area (Å²) in [6.45, 7) is 4.30. The summed E-state index contributed by atoms with van der Waals surface area (Å²) in [5, 5.41) is 3.46. The van der Waals surface area contributed by atoms with Gasteiger partial charge in [0.15, 0.2) is 6.10 Å². The van der Waals surface area contributed by atoms with Crippen molar-refractivity contribution in [3.8, 4) is 11.5 Å². The monoisotopic (exact) mass is 459 g/mol. The van der Waals surface area contributed by atoms with Crippen molar-refractivity contribution in [2.24, 2.45) is 0 Å². The van der Waals surface area contributed by atoms with Crippen molar-refractivity contribution in [2.45, 2.75) is 13.0 Å². The van der Waals surface area contributed by atoms with Crippen molar-refractivity contribution in [1.82, 2.24) is 4.90 Å². The zero-order valence-electron chi connectivity index (χ0n) is 18.1. The van der Waals surface area contributed by atoms with Crippen LogP contribution in [0.2, 0.25) is 5.02 Å². The van der Waals surface area contributed by atoms with Gasteiger partial charge in [-0.2, -0.15) is 0 Å². The molecule has 1 N–H and O–H groups in total. The lowest BCUT2D eigenvalue weighted by molar-refractivity contribution is -0.142. The van der Waals surface area contributed by atoms with Crippen LogP contribution in [0.3, 0.4) is 0 Å². The van der Waals surface area contributed by atoms with Gasteiger partial charge in [-0.05, 0) is 30.7 Å². The van der Waals surface area contributed by atoms with Crippen LogP contribution in [0.5, 0.6) is 11.5 Å². The highest BCUT2D eigenvalue weighted by atomic mass is 35.5. The second-order valence-electron chi connectivity index (χ2n) is 7.74. The molecule has 2 aromatic rings. The van der Waals surface area contributed by atoms with E-state index in [0.717, 1.165) is 11.3 Å². The molecule has 2 aliphatic heterocycles. The average Bonchev–Trinajstić information content (AvgIpc) is 2.81. The molecule has 0 aromatic heterocycles. The summed E-state index contributed by atoms with van der Waals surface area (Å²) in [4.78, 5) is 29.6. The molecule has 0 spiro atoms. The van der Waals surface area contributed by atoms with E-state index in [4.69, 9.17) is 25.8 Å². The van der Waals surface area contributed by atoms with Crippen molar-refractivity contribution in [1.29, 1.82) is 0 Å². The fraction of sp³-hybridized carbons (Fsp3) is 0.391. The number of fused-ring (bicyclic) bond motifs is 1. The molecule has 32 heavy (non-hydrogen) atoms. The molecule has 0 aliphatic carbocycles. The first-order chi connectivity index (χ1) is 15.5. The number of aryl methyl sites for hydroxylation is 1. The number of hydrogen-bond donors (Lipinski definition) is 1. The number of carbonyl (C=O) groups excluding carboxylic acids is 2. The van der Waals surface area contributed by atoms with Crippen LogP contribution >= 0.6 is 11.6 Å². The Morgan fingerprint density at radius 1 is 1.22 bits per heavy atom. The summed E-state index contributed by atoms with van der Waals surface area (Å²) in [5.41, 5.74) is 2.14. The van der Waals surface area contributed by atoms with E-state index < -0.39 is 6.10 Å². The maximum absolute atomic E-state index is 13.0. The van der Waals surface area contributed by atoms with Crippen LogP contribution in [0, 0.1) is 6.92 Å². The highest BCUT2D eigenvalue weighted by molar-refractivity contribution is 6.31. The molecule has 2 aromatic carbocycles. The number of nitrogens with one attached hydrogen (secondary N) is 1. The summed E-state index contributed by atoms with van der Waals surface area (Å²) >= 11 is 6.16. The van der Waals surface area contributed by atoms with E-state index in [9.17, 15) is 9.59 Å². The molecular formula is C23H26ClN3O5. The standard InChI is InChI=1S/C23H26ClN3O5/c1-15-11-17(20(30-2)12-16(15)24)25-22(28)14-27-13-21(23(29)26-7-9-31-10-8-26)32-19-6-4-3-5-18(19)27/h3-6,11-12,21H,7-10,13-14H2,1-2H3,(H,25,28)/t21-/m0/s1. The molecule has 2 amide bonds. The van der Waals surface area contributed by atoms with Crippen LogP contribution in [-0.4, -0.2) is 69.3 Å². The topological polar surface area (TPSA) is 80.3 Å². The third-order valence-corrected chi connectivity index (χ3v) is 5.96. The molecule has 0 radical (unpaired) electrons. The first-order valence-corrected chi connectivity index (χ1v) is 10.8. The van der Waals surface area contributed by atoms with Gasteiger partial charge in [-0.1, -0.05) is 23.7 Å². The minimum Gasteiger partial charge on any atom is -0.495 e. The quantitative estimate of drug-likeness (QED) is 0.740. The normalized spacial score (nSPS) is 17.9. The predicted octanol–water partition coefficient (Wildman–Crippen LogP) is 2.72. The van der Waals surface area contributed by atoms with Crippen molar-refractivity contribution in [3.63, 3.8) is 0 Å². The Bertz CT molecular complexity index is 1010. The Hall–Kier alpha value is -2.97. The van der Waals surface area contributed by atoms with Gasteiger partial charge in [0.2, 0.25) is 5.91 Å². The molecule has 1 atom stereocenters. The molecule has 4 rings (SSSR count). The van der Waals surface area contributed by atoms with E-state index in [1.807, 2.05) is 36.1 Å². The van der Waals surface area contributed by atoms with Crippen LogP contribution in [0.15, 0.2) is 36.4 Å². The molecule has 9 heteroatoms. The Morgan fingerprint density at radius 2 is 1.97 bits per heavy atom. The van der Waals surface area contributed by atoms with Gasteiger partial charge in [-0.15, -0.1) is 0 Å². The van der Waals surface area contributed by atoms with E-state index in [1.165, 1.54) is 7.11 Å². The lowest BCUT2D eigenvalue weighted by Gasteiger charge is -2.38. The zero-order chi connectivity index (χ0) is 22.7. The number of morpholine rings is 1. The molecule has 0 unspecified atom stereocenters. The minimum absolute atomic E-state index is 0.0537. The van der Waals surface area contributed by atoms with Crippen molar-refractivity contribution < 1.29 is 23.8 Å². The molecule has 170 valence electrons. The smallest absolute Gasteiger partial charge is 0.265 e. The van der Waals surface area contributed by atoms with Crippen LogP contribution < -0.4 is 19.7 Å². The highest BCUT2D eigenvalue weighted by Crippen LogP contribution is 2.34. The lowest BCUT2D eigenvalue weighted by Crippen LogP contribution is -2.53. The van der Waals surface area contributed by atoms with Crippen LogP contribution in [0.25, 0.3) is 0 Å².